The third-order valence-electron chi connectivity index (χ3n) is 14.7. The quantitative estimate of drug-likeness (QED) is 0.0821. The number of fused-ring (bicyclic) bond motifs is 10. The first-order valence-corrected chi connectivity index (χ1v) is 19.5. The van der Waals surface area contributed by atoms with Crippen LogP contribution in [0.1, 0.15) is 149 Å². The van der Waals surface area contributed by atoms with Crippen molar-refractivity contribution in [1.82, 2.24) is 0 Å². The van der Waals surface area contributed by atoms with Gasteiger partial charge in [0.25, 0.3) is 0 Å². The fourth-order valence-electron chi connectivity index (χ4n) is 11.3. The maximum Gasteiger partial charge on any atom is 0.312 e. The van der Waals surface area contributed by atoms with Gasteiger partial charge in [-0.2, -0.15) is 0 Å². The summed E-state index contributed by atoms with van der Waals surface area (Å²) in [5.41, 5.74) is -1.01. The van der Waals surface area contributed by atoms with E-state index >= 15 is 0 Å². The minimum absolute atomic E-state index is 0. The normalized spacial score (nSPS) is 36.9. The number of carbonyl (C=O) groups excluding carboxylic acids is 5. The molecule has 0 N–H and O–H groups in total. The van der Waals surface area contributed by atoms with E-state index in [0.29, 0.717) is 25.2 Å². The molecule has 7 rings (SSSR count). The third kappa shape index (κ3) is 7.97. The molecule has 13 atom stereocenters. The number of esters is 5. The van der Waals surface area contributed by atoms with Gasteiger partial charge >= 0.3 is 29.8 Å². The Kier molecular flexibility index (Phi) is 15.5. The molecular weight excluding hydrogens is 688 g/mol. The van der Waals surface area contributed by atoms with E-state index in [0.717, 1.165) is 48.9 Å². The van der Waals surface area contributed by atoms with Gasteiger partial charge in [-0.15, -0.1) is 0 Å². The summed E-state index contributed by atoms with van der Waals surface area (Å²) in [6.45, 7) is 14.1. The summed E-state index contributed by atoms with van der Waals surface area (Å²) in [7, 11) is 1.29. The van der Waals surface area contributed by atoms with Crippen molar-refractivity contribution in [3.8, 4) is 0 Å². The van der Waals surface area contributed by atoms with Gasteiger partial charge in [-0.1, -0.05) is 50.5 Å². The Morgan fingerprint density at radius 1 is 0.815 bits per heavy atom. The van der Waals surface area contributed by atoms with Crippen LogP contribution in [0.5, 0.6) is 0 Å². The first-order valence-electron chi connectivity index (χ1n) is 19.5. The molecule has 1 aliphatic heterocycles. The Balaban J connectivity index is 0.000000355. The zero-order valence-electron chi connectivity index (χ0n) is 31.5. The van der Waals surface area contributed by atoms with E-state index in [1.165, 1.54) is 32.8 Å². The molecular formula is C44H76O10. The molecule has 13 unspecified atom stereocenters. The van der Waals surface area contributed by atoms with Crippen LogP contribution in [0.3, 0.4) is 0 Å². The zero-order chi connectivity index (χ0) is 36.3. The van der Waals surface area contributed by atoms with E-state index in [-0.39, 0.29) is 77.5 Å². The Hall–Kier alpha value is -2.65. The Bertz CT molecular complexity index is 1350. The monoisotopic (exact) mass is 765 g/mol. The lowest BCUT2D eigenvalue weighted by atomic mass is 9.65. The van der Waals surface area contributed by atoms with E-state index in [2.05, 4.69) is 13.8 Å². The van der Waals surface area contributed by atoms with Crippen LogP contribution in [0.25, 0.3) is 0 Å². The minimum atomic E-state index is -0.620. The second kappa shape index (κ2) is 17.7. The average Bonchev–Trinajstić information content (AvgIpc) is 3.95. The fraction of sp³-hybridized carbons (Fsp3) is 0.886. The van der Waals surface area contributed by atoms with Crippen LogP contribution in [0.2, 0.25) is 0 Å². The van der Waals surface area contributed by atoms with E-state index in [4.69, 9.17) is 23.7 Å². The molecule has 0 amide bonds. The lowest BCUT2D eigenvalue weighted by molar-refractivity contribution is -0.183. The van der Waals surface area contributed by atoms with Gasteiger partial charge in [0.05, 0.1) is 36.4 Å². The van der Waals surface area contributed by atoms with Crippen LogP contribution < -0.4 is 0 Å². The van der Waals surface area contributed by atoms with Gasteiger partial charge in [-0.05, 0) is 121 Å². The highest BCUT2D eigenvalue weighted by Crippen LogP contribution is 2.71. The molecule has 6 saturated carbocycles. The van der Waals surface area contributed by atoms with Gasteiger partial charge in [-0.3, -0.25) is 24.0 Å². The highest BCUT2D eigenvalue weighted by molar-refractivity contribution is 5.86. The molecule has 10 heteroatoms. The van der Waals surface area contributed by atoms with Gasteiger partial charge in [0.1, 0.15) is 17.8 Å². The second-order valence-electron chi connectivity index (χ2n) is 17.8. The molecule has 1 heterocycles. The van der Waals surface area contributed by atoms with E-state index in [9.17, 15) is 24.0 Å². The second-order valence-corrected chi connectivity index (χ2v) is 17.8. The molecule has 0 aromatic heterocycles. The molecule has 54 heavy (non-hydrogen) atoms. The fourth-order valence-corrected chi connectivity index (χ4v) is 11.3. The largest absolute Gasteiger partial charge is 0.469 e. The molecule has 0 aromatic rings. The lowest BCUT2D eigenvalue weighted by Crippen LogP contribution is -2.49. The summed E-state index contributed by atoms with van der Waals surface area (Å²) in [5.74, 6) is 2.34. The lowest BCUT2D eigenvalue weighted by Gasteiger charge is -2.46. The number of hydrogen-bond donors (Lipinski definition) is 0. The molecule has 0 radical (unpaired) electrons. The van der Waals surface area contributed by atoms with Crippen LogP contribution in [-0.2, 0) is 47.7 Å². The summed E-state index contributed by atoms with van der Waals surface area (Å²) in [4.78, 5) is 61.1. The van der Waals surface area contributed by atoms with E-state index in [1.807, 2.05) is 34.6 Å². The van der Waals surface area contributed by atoms with Crippen LogP contribution in [0.15, 0.2) is 0 Å². The zero-order valence-corrected chi connectivity index (χ0v) is 31.5. The molecule has 1 saturated heterocycles. The number of hydrogen-bond acceptors (Lipinski definition) is 10. The van der Waals surface area contributed by atoms with Gasteiger partial charge in [0, 0.05) is 24.2 Å². The first kappa shape index (κ1) is 47.5. The summed E-state index contributed by atoms with van der Waals surface area (Å²) < 4.78 is 27.3. The van der Waals surface area contributed by atoms with Crippen molar-refractivity contribution in [2.24, 2.45) is 70.0 Å². The molecule has 312 valence electrons. The average molecular weight is 765 g/mol. The van der Waals surface area contributed by atoms with Crippen molar-refractivity contribution >= 4 is 29.8 Å². The minimum Gasteiger partial charge on any atom is -0.469 e. The molecule has 7 aliphatic rings. The predicted molar refractivity (Wildman–Crippen MR) is 209 cm³/mol. The number of ether oxygens (including phenoxy) is 5. The van der Waals surface area contributed by atoms with Gasteiger partial charge in [-0.25, -0.2) is 0 Å². The topological polar surface area (TPSA) is 132 Å². The summed E-state index contributed by atoms with van der Waals surface area (Å²) in [5, 5.41) is 0. The van der Waals surface area contributed by atoms with E-state index in [1.54, 1.807) is 0 Å². The number of rotatable bonds is 12. The van der Waals surface area contributed by atoms with Crippen molar-refractivity contribution in [2.75, 3.05) is 13.7 Å². The van der Waals surface area contributed by atoms with Crippen LogP contribution in [0.4, 0.5) is 0 Å². The SMILES string of the molecule is C.C.C.C.CCC(C)(C)C(=O)OC1(CC)CC2CC1C1C3CCC(C3)C21.CCC(C)(C)C(=O)OCCCC(=O)OC1C2CC3C1OC(=O)C3C2C(=O)OC. The van der Waals surface area contributed by atoms with E-state index < -0.39 is 47.4 Å². The van der Waals surface area contributed by atoms with Crippen molar-refractivity contribution < 1.29 is 47.7 Å². The highest BCUT2D eigenvalue weighted by Gasteiger charge is 2.70. The molecule has 0 spiro atoms. The molecule has 10 nitrogen and oxygen atoms in total. The molecule has 7 fully saturated rings. The maximum atomic E-state index is 12.7. The van der Waals surface area contributed by atoms with Crippen molar-refractivity contribution in [3.05, 3.63) is 0 Å². The van der Waals surface area contributed by atoms with Crippen molar-refractivity contribution in [3.63, 3.8) is 0 Å². The standard InChI is InChI=1S/C20H28O8.C20H32O2.4CH4/c1-5-20(2,3)19(24)26-8-6-7-12(21)27-15-10-9-11-14(13(10)17(22)25-4)18(23)28-16(11)15;1-5-19(3,4)18(21)22-20(6-2)11-14-10-15(20)17-13-8-7-12(9-13)16(14)17;;;;/h10-11,13-16H,5-9H2,1-4H3;12-17H,5-11H2,1-4H3;4*1H4. The Morgan fingerprint density at radius 3 is 2.02 bits per heavy atom. The Morgan fingerprint density at radius 2 is 1.43 bits per heavy atom. The molecule has 6 bridgehead atoms. The summed E-state index contributed by atoms with van der Waals surface area (Å²) in [6.07, 6.45) is 9.40. The van der Waals surface area contributed by atoms with Crippen molar-refractivity contribution in [2.45, 2.75) is 167 Å². The number of methoxy groups -OCH3 is 1. The third-order valence-corrected chi connectivity index (χ3v) is 14.7. The molecule has 0 aromatic carbocycles. The van der Waals surface area contributed by atoms with Crippen LogP contribution >= 0.6 is 0 Å². The van der Waals surface area contributed by atoms with Gasteiger partial charge in [0.15, 0.2) is 0 Å². The Labute approximate surface area is 327 Å². The summed E-state index contributed by atoms with van der Waals surface area (Å²) in [6, 6.07) is 0. The highest BCUT2D eigenvalue weighted by atomic mass is 16.6. The molecule has 6 aliphatic carbocycles. The maximum absolute atomic E-state index is 12.7. The van der Waals surface area contributed by atoms with Crippen LogP contribution in [0, 0.1) is 70.0 Å². The van der Waals surface area contributed by atoms with Gasteiger partial charge in [0.2, 0.25) is 0 Å². The smallest absolute Gasteiger partial charge is 0.312 e. The van der Waals surface area contributed by atoms with Crippen LogP contribution in [-0.4, -0.2) is 61.4 Å². The summed E-state index contributed by atoms with van der Waals surface area (Å²) >= 11 is 0. The first-order chi connectivity index (χ1) is 23.6. The number of carbonyl (C=O) groups is 5. The predicted octanol–water partition coefficient (Wildman–Crippen LogP) is 9.00. The van der Waals surface area contributed by atoms with Crippen molar-refractivity contribution in [1.29, 1.82) is 0 Å². The van der Waals surface area contributed by atoms with Gasteiger partial charge < -0.3 is 23.7 Å².